The Labute approximate surface area is 103 Å². The molecule has 0 aromatic carbocycles. The van der Waals surface area contributed by atoms with Gasteiger partial charge in [-0.05, 0) is 13.8 Å². The van der Waals surface area contributed by atoms with E-state index in [1.165, 1.54) is 6.20 Å². The van der Waals surface area contributed by atoms with Gasteiger partial charge >= 0.3 is 12.0 Å². The van der Waals surface area contributed by atoms with Crippen LogP contribution in [0.1, 0.15) is 24.6 Å². The highest BCUT2D eigenvalue weighted by Gasteiger charge is 2.20. The Bertz CT molecular complexity index is 431. The third-order valence-electron chi connectivity index (χ3n) is 2.14. The Morgan fingerprint density at radius 2 is 2.17 bits per heavy atom. The molecule has 2 amide bonds. The van der Waals surface area contributed by atoms with Crippen molar-refractivity contribution in [3.8, 4) is 0 Å². The molecule has 1 rings (SSSR count). The van der Waals surface area contributed by atoms with Gasteiger partial charge < -0.3 is 25.3 Å². The second-order valence-electron chi connectivity index (χ2n) is 3.72. The number of carboxylic acids is 1. The van der Waals surface area contributed by atoms with Gasteiger partial charge in [0.15, 0.2) is 6.04 Å². The molecule has 0 aliphatic carbocycles. The minimum Gasteiger partial charge on any atom is -0.480 e. The van der Waals surface area contributed by atoms with E-state index < -0.39 is 30.7 Å². The number of hydrogen-bond donors (Lipinski definition) is 4. The van der Waals surface area contributed by atoms with Gasteiger partial charge in [0.1, 0.15) is 11.8 Å². The van der Waals surface area contributed by atoms with E-state index in [-0.39, 0.29) is 0 Å². The quantitative estimate of drug-likeness (QED) is 0.578. The molecule has 1 aromatic heterocycles. The van der Waals surface area contributed by atoms with E-state index in [1.807, 2.05) is 0 Å². The lowest BCUT2D eigenvalue weighted by molar-refractivity contribution is -0.140. The molecule has 8 heteroatoms. The fraction of sp³-hybridized carbons (Fsp3) is 0.500. The molecule has 0 fully saturated rings. The van der Waals surface area contributed by atoms with Gasteiger partial charge in [0.2, 0.25) is 5.89 Å². The lowest BCUT2D eigenvalue weighted by Crippen LogP contribution is -2.48. The lowest BCUT2D eigenvalue weighted by Gasteiger charge is -2.15. The van der Waals surface area contributed by atoms with Crippen molar-refractivity contribution in [2.75, 3.05) is 6.61 Å². The van der Waals surface area contributed by atoms with Crippen molar-refractivity contribution >= 4 is 12.0 Å². The fourth-order valence-corrected chi connectivity index (χ4v) is 1.22. The van der Waals surface area contributed by atoms with Crippen LogP contribution in [0.5, 0.6) is 0 Å². The molecule has 4 N–H and O–H groups in total. The van der Waals surface area contributed by atoms with Crippen LogP contribution in [0.25, 0.3) is 0 Å². The summed E-state index contributed by atoms with van der Waals surface area (Å²) in [5.41, 5.74) is 0. The Morgan fingerprint density at radius 3 is 2.61 bits per heavy atom. The van der Waals surface area contributed by atoms with Crippen molar-refractivity contribution < 1.29 is 24.2 Å². The lowest BCUT2D eigenvalue weighted by atomic mass is 10.3. The Balaban J connectivity index is 2.52. The highest BCUT2D eigenvalue weighted by molar-refractivity contribution is 5.82. The largest absolute Gasteiger partial charge is 0.480 e. The fourth-order valence-electron chi connectivity index (χ4n) is 1.22. The second-order valence-corrected chi connectivity index (χ2v) is 3.72. The molecule has 0 aliphatic heterocycles. The van der Waals surface area contributed by atoms with E-state index in [4.69, 9.17) is 14.6 Å². The number of urea groups is 1. The number of carbonyl (C=O) groups is 2. The van der Waals surface area contributed by atoms with Gasteiger partial charge in [-0.3, -0.25) is 0 Å². The maximum atomic E-state index is 11.4. The van der Waals surface area contributed by atoms with E-state index in [9.17, 15) is 9.59 Å². The van der Waals surface area contributed by atoms with E-state index in [0.717, 1.165) is 0 Å². The topological polar surface area (TPSA) is 125 Å². The average molecular weight is 257 g/mol. The monoisotopic (exact) mass is 257 g/mol. The van der Waals surface area contributed by atoms with Gasteiger partial charge in [-0.15, -0.1) is 0 Å². The number of hydrogen-bond acceptors (Lipinski definition) is 5. The van der Waals surface area contributed by atoms with E-state index >= 15 is 0 Å². The average Bonchev–Trinajstić information content (AvgIpc) is 2.72. The van der Waals surface area contributed by atoms with Crippen molar-refractivity contribution in [3.05, 3.63) is 17.8 Å². The highest BCUT2D eigenvalue weighted by Crippen LogP contribution is 2.11. The number of aliphatic hydroxyl groups is 1. The number of aryl methyl sites for hydroxylation is 1. The summed E-state index contributed by atoms with van der Waals surface area (Å²) in [4.78, 5) is 26.0. The Kier molecular flexibility index (Phi) is 4.67. The number of carboxylic acid groups (broad SMARTS) is 1. The molecule has 2 atom stereocenters. The van der Waals surface area contributed by atoms with Crippen LogP contribution in [0.15, 0.2) is 10.6 Å². The van der Waals surface area contributed by atoms with Gasteiger partial charge in [-0.1, -0.05) is 0 Å². The minimum absolute atomic E-state index is 0.318. The molecular weight excluding hydrogens is 242 g/mol. The number of nitrogens with zero attached hydrogens (tertiary/aromatic N) is 1. The summed E-state index contributed by atoms with van der Waals surface area (Å²) in [6.07, 6.45) is 1.51. The molecule has 0 saturated heterocycles. The van der Waals surface area contributed by atoms with Gasteiger partial charge in [-0.25, -0.2) is 14.6 Å². The van der Waals surface area contributed by atoms with Gasteiger partial charge in [0, 0.05) is 0 Å². The molecule has 0 bridgehead atoms. The molecule has 8 nitrogen and oxygen atoms in total. The van der Waals surface area contributed by atoms with Crippen LogP contribution in [0.3, 0.4) is 0 Å². The zero-order valence-corrected chi connectivity index (χ0v) is 10.0. The first kappa shape index (κ1) is 14.0. The number of carbonyl (C=O) groups excluding carboxylic acids is 1. The molecule has 1 unspecified atom stereocenters. The van der Waals surface area contributed by atoms with Crippen molar-refractivity contribution in [3.63, 3.8) is 0 Å². The summed E-state index contributed by atoms with van der Waals surface area (Å²) in [6.45, 7) is 2.67. The third kappa shape index (κ3) is 3.74. The second kappa shape index (κ2) is 6.01. The molecule has 0 aliphatic rings. The van der Waals surface area contributed by atoms with Crippen LogP contribution in [0.2, 0.25) is 0 Å². The highest BCUT2D eigenvalue weighted by atomic mass is 16.4. The minimum atomic E-state index is -1.34. The molecule has 100 valence electrons. The van der Waals surface area contributed by atoms with Crippen LogP contribution >= 0.6 is 0 Å². The molecule has 0 spiro atoms. The number of amides is 2. The smallest absolute Gasteiger partial charge is 0.328 e. The molecular formula is C10H15N3O5. The standard InChI is InChI=1S/C10H15N3O5/c1-5-3-11-8(18-5)6(2)12-10(17)13-7(4-14)9(15)16/h3,6-7,14H,4H2,1-2H3,(H,15,16)(H2,12,13,17)/t6?,7-/m0/s1. The Hall–Kier alpha value is -2.09. The summed E-state index contributed by atoms with van der Waals surface area (Å²) in [5, 5.41) is 21.9. The molecule has 0 saturated carbocycles. The maximum absolute atomic E-state index is 11.4. The molecule has 18 heavy (non-hydrogen) atoms. The SMILES string of the molecule is Cc1cnc(C(C)NC(=O)N[C@@H](CO)C(=O)O)o1. The summed E-state index contributed by atoms with van der Waals surface area (Å²) < 4.78 is 5.21. The van der Waals surface area contributed by atoms with Crippen molar-refractivity contribution in [2.45, 2.75) is 25.9 Å². The van der Waals surface area contributed by atoms with E-state index in [0.29, 0.717) is 11.7 Å². The summed E-state index contributed by atoms with van der Waals surface area (Å²) in [6, 6.07) is -2.57. The summed E-state index contributed by atoms with van der Waals surface area (Å²) in [7, 11) is 0. The number of aliphatic carboxylic acids is 1. The van der Waals surface area contributed by atoms with Gasteiger partial charge in [-0.2, -0.15) is 0 Å². The van der Waals surface area contributed by atoms with Crippen LogP contribution in [0.4, 0.5) is 4.79 Å². The van der Waals surface area contributed by atoms with E-state index in [1.54, 1.807) is 13.8 Å². The van der Waals surface area contributed by atoms with E-state index in [2.05, 4.69) is 15.6 Å². The zero-order chi connectivity index (χ0) is 13.7. The van der Waals surface area contributed by atoms with Crippen molar-refractivity contribution in [2.24, 2.45) is 0 Å². The number of oxazole rings is 1. The van der Waals surface area contributed by atoms with Crippen LogP contribution in [0, 0.1) is 6.92 Å². The zero-order valence-electron chi connectivity index (χ0n) is 10.0. The predicted molar refractivity (Wildman–Crippen MR) is 59.8 cm³/mol. The Morgan fingerprint density at radius 1 is 1.50 bits per heavy atom. The third-order valence-corrected chi connectivity index (χ3v) is 2.14. The first-order chi connectivity index (χ1) is 8.43. The molecule has 0 radical (unpaired) electrons. The number of rotatable bonds is 5. The number of aliphatic hydroxyl groups excluding tert-OH is 1. The molecule has 1 heterocycles. The number of nitrogens with one attached hydrogen (secondary N) is 2. The maximum Gasteiger partial charge on any atom is 0.328 e. The summed E-state index contributed by atoms with van der Waals surface area (Å²) in [5.74, 6) is -0.386. The van der Waals surface area contributed by atoms with Crippen molar-refractivity contribution in [1.29, 1.82) is 0 Å². The molecule has 1 aromatic rings. The first-order valence-electron chi connectivity index (χ1n) is 5.27. The first-order valence-corrected chi connectivity index (χ1v) is 5.27. The van der Waals surface area contributed by atoms with Crippen LogP contribution < -0.4 is 10.6 Å². The predicted octanol–water partition coefficient (Wildman–Crippen LogP) is -0.211. The van der Waals surface area contributed by atoms with Gasteiger partial charge in [0.05, 0.1) is 12.8 Å². The van der Waals surface area contributed by atoms with Crippen molar-refractivity contribution in [1.82, 2.24) is 15.6 Å². The van der Waals surface area contributed by atoms with Crippen LogP contribution in [-0.2, 0) is 4.79 Å². The number of aromatic nitrogens is 1. The normalized spacial score (nSPS) is 13.7. The summed E-state index contributed by atoms with van der Waals surface area (Å²) >= 11 is 0. The van der Waals surface area contributed by atoms with Crippen LogP contribution in [-0.4, -0.2) is 39.8 Å². The van der Waals surface area contributed by atoms with Gasteiger partial charge in [0.25, 0.3) is 0 Å².